The van der Waals surface area contributed by atoms with Crippen LogP contribution in [0.15, 0.2) is 18.3 Å². The van der Waals surface area contributed by atoms with Gasteiger partial charge < -0.3 is 10.5 Å². The van der Waals surface area contributed by atoms with Crippen LogP contribution in [0.1, 0.15) is 37.3 Å². The van der Waals surface area contributed by atoms with Crippen molar-refractivity contribution in [2.24, 2.45) is 5.84 Å². The summed E-state index contributed by atoms with van der Waals surface area (Å²) in [6, 6.07) is 3.83. The Balaban J connectivity index is 2.03. The molecular formula is C12H20N4O. The fourth-order valence-corrected chi connectivity index (χ4v) is 2.27. The van der Waals surface area contributed by atoms with Gasteiger partial charge in [-0.3, -0.25) is 11.3 Å². The Morgan fingerprint density at radius 1 is 1.53 bits per heavy atom. The molecule has 2 heterocycles. The van der Waals surface area contributed by atoms with Crippen molar-refractivity contribution in [1.29, 1.82) is 0 Å². The number of nitrogens with zero attached hydrogens (tertiary/aromatic N) is 1. The molecule has 94 valence electrons. The van der Waals surface area contributed by atoms with Gasteiger partial charge in [0.25, 0.3) is 0 Å². The standard InChI is InChI=1S/C12H20N4O/c13-12-10(5-3-6-15-12)11(16-14)8-9-4-1-2-7-17-9/h3,5-6,9,11,16H,1-2,4,7-8,14H2,(H2,13,15). The normalized spacial score (nSPS) is 22.3. The Bertz CT molecular complexity index is 352. The van der Waals surface area contributed by atoms with Gasteiger partial charge in [-0.25, -0.2) is 4.98 Å². The first kappa shape index (κ1) is 12.3. The van der Waals surface area contributed by atoms with Crippen molar-refractivity contribution in [2.75, 3.05) is 12.3 Å². The van der Waals surface area contributed by atoms with E-state index < -0.39 is 0 Å². The summed E-state index contributed by atoms with van der Waals surface area (Å²) in [6.45, 7) is 0.852. The van der Waals surface area contributed by atoms with Crippen molar-refractivity contribution in [3.8, 4) is 0 Å². The van der Waals surface area contributed by atoms with Crippen LogP contribution in [0.4, 0.5) is 5.82 Å². The first-order valence-corrected chi connectivity index (χ1v) is 6.09. The van der Waals surface area contributed by atoms with E-state index in [1.807, 2.05) is 12.1 Å². The highest BCUT2D eigenvalue weighted by molar-refractivity contribution is 5.40. The van der Waals surface area contributed by atoms with E-state index in [2.05, 4.69) is 10.4 Å². The maximum Gasteiger partial charge on any atom is 0.128 e. The van der Waals surface area contributed by atoms with Gasteiger partial charge in [0, 0.05) is 18.4 Å². The molecule has 1 aliphatic heterocycles. The van der Waals surface area contributed by atoms with E-state index >= 15 is 0 Å². The topological polar surface area (TPSA) is 86.2 Å². The summed E-state index contributed by atoms with van der Waals surface area (Å²) in [5.41, 5.74) is 9.61. The monoisotopic (exact) mass is 236 g/mol. The lowest BCUT2D eigenvalue weighted by molar-refractivity contribution is 0.00505. The van der Waals surface area contributed by atoms with Gasteiger partial charge in [0.05, 0.1) is 12.1 Å². The molecule has 1 aromatic rings. The highest BCUT2D eigenvalue weighted by atomic mass is 16.5. The first-order valence-electron chi connectivity index (χ1n) is 6.09. The molecule has 0 spiro atoms. The van der Waals surface area contributed by atoms with Crippen molar-refractivity contribution < 1.29 is 4.74 Å². The molecule has 5 nitrogen and oxygen atoms in total. The molecule has 1 saturated heterocycles. The summed E-state index contributed by atoms with van der Waals surface area (Å²) < 4.78 is 5.71. The highest BCUT2D eigenvalue weighted by Crippen LogP contribution is 2.26. The minimum atomic E-state index is 0.00630. The number of ether oxygens (including phenoxy) is 1. The molecule has 0 aliphatic carbocycles. The van der Waals surface area contributed by atoms with Gasteiger partial charge in [-0.15, -0.1) is 0 Å². The number of nitrogens with two attached hydrogens (primary N) is 2. The van der Waals surface area contributed by atoms with Gasteiger partial charge in [-0.05, 0) is 31.7 Å². The number of nitrogens with one attached hydrogen (secondary N) is 1. The summed E-state index contributed by atoms with van der Waals surface area (Å²) in [6.07, 6.45) is 6.27. The number of aromatic nitrogens is 1. The summed E-state index contributed by atoms with van der Waals surface area (Å²) in [4.78, 5) is 4.08. The van der Waals surface area contributed by atoms with Crippen LogP contribution in [0.5, 0.6) is 0 Å². The Kier molecular flexibility index (Phi) is 4.30. The second kappa shape index (κ2) is 5.95. The van der Waals surface area contributed by atoms with Crippen LogP contribution < -0.4 is 17.0 Å². The number of pyridine rings is 1. The van der Waals surface area contributed by atoms with Crippen LogP contribution in [0.3, 0.4) is 0 Å². The summed E-state index contributed by atoms with van der Waals surface area (Å²) in [7, 11) is 0. The average molecular weight is 236 g/mol. The molecule has 1 aromatic heterocycles. The predicted molar refractivity (Wildman–Crippen MR) is 66.9 cm³/mol. The minimum Gasteiger partial charge on any atom is -0.383 e. The molecule has 2 unspecified atom stereocenters. The lowest BCUT2D eigenvalue weighted by atomic mass is 9.97. The van der Waals surface area contributed by atoms with Crippen LogP contribution >= 0.6 is 0 Å². The second-order valence-corrected chi connectivity index (χ2v) is 4.42. The van der Waals surface area contributed by atoms with E-state index in [9.17, 15) is 0 Å². The number of hydrogen-bond acceptors (Lipinski definition) is 5. The predicted octanol–water partition coefficient (Wildman–Crippen LogP) is 1.13. The van der Waals surface area contributed by atoms with Crippen LogP contribution in [0, 0.1) is 0 Å². The lowest BCUT2D eigenvalue weighted by Gasteiger charge is -2.27. The fraction of sp³-hybridized carbons (Fsp3) is 0.583. The fourth-order valence-electron chi connectivity index (χ4n) is 2.27. The Morgan fingerprint density at radius 3 is 3.06 bits per heavy atom. The number of nitrogen functional groups attached to an aromatic ring is 1. The van der Waals surface area contributed by atoms with E-state index in [-0.39, 0.29) is 12.1 Å². The molecular weight excluding hydrogens is 216 g/mol. The van der Waals surface area contributed by atoms with Gasteiger partial charge in [-0.1, -0.05) is 6.07 Å². The van der Waals surface area contributed by atoms with E-state index in [1.54, 1.807) is 6.20 Å². The number of rotatable bonds is 4. The Morgan fingerprint density at radius 2 is 2.41 bits per heavy atom. The molecule has 1 fully saturated rings. The lowest BCUT2D eigenvalue weighted by Crippen LogP contribution is -2.33. The summed E-state index contributed by atoms with van der Waals surface area (Å²) >= 11 is 0. The van der Waals surface area contributed by atoms with Gasteiger partial charge >= 0.3 is 0 Å². The summed E-state index contributed by atoms with van der Waals surface area (Å²) in [5, 5.41) is 0. The molecule has 5 heteroatoms. The molecule has 0 saturated carbocycles. The SMILES string of the molecule is NNC(CC1CCCCO1)c1cccnc1N. The molecule has 0 aromatic carbocycles. The third-order valence-electron chi connectivity index (χ3n) is 3.22. The van der Waals surface area contributed by atoms with Crippen LogP contribution in [0.25, 0.3) is 0 Å². The maximum atomic E-state index is 5.85. The molecule has 0 amide bonds. The van der Waals surface area contributed by atoms with Gasteiger partial charge in [0.2, 0.25) is 0 Å². The number of hydrogen-bond donors (Lipinski definition) is 3. The van der Waals surface area contributed by atoms with Crippen molar-refractivity contribution in [2.45, 2.75) is 37.8 Å². The van der Waals surface area contributed by atoms with E-state index in [1.165, 1.54) is 6.42 Å². The van der Waals surface area contributed by atoms with Crippen molar-refractivity contribution >= 4 is 5.82 Å². The van der Waals surface area contributed by atoms with Crippen LogP contribution in [-0.2, 0) is 4.74 Å². The number of anilines is 1. The van der Waals surface area contributed by atoms with E-state index in [0.717, 1.165) is 31.4 Å². The quantitative estimate of drug-likeness (QED) is 0.539. The Labute approximate surface area is 102 Å². The van der Waals surface area contributed by atoms with Crippen molar-refractivity contribution in [3.63, 3.8) is 0 Å². The molecule has 2 atom stereocenters. The zero-order chi connectivity index (χ0) is 12.1. The van der Waals surface area contributed by atoms with Crippen LogP contribution in [-0.4, -0.2) is 17.7 Å². The highest BCUT2D eigenvalue weighted by Gasteiger charge is 2.21. The van der Waals surface area contributed by atoms with E-state index in [0.29, 0.717) is 5.82 Å². The smallest absolute Gasteiger partial charge is 0.128 e. The first-order chi connectivity index (χ1) is 8.31. The molecule has 5 N–H and O–H groups in total. The summed E-state index contributed by atoms with van der Waals surface area (Å²) in [5.74, 6) is 6.14. The Hall–Kier alpha value is -1.17. The second-order valence-electron chi connectivity index (χ2n) is 4.42. The van der Waals surface area contributed by atoms with Crippen molar-refractivity contribution in [1.82, 2.24) is 10.4 Å². The molecule has 0 bridgehead atoms. The zero-order valence-corrected chi connectivity index (χ0v) is 9.93. The van der Waals surface area contributed by atoms with E-state index in [4.69, 9.17) is 16.3 Å². The van der Waals surface area contributed by atoms with Gasteiger partial charge in [0.15, 0.2) is 0 Å². The van der Waals surface area contributed by atoms with Crippen molar-refractivity contribution in [3.05, 3.63) is 23.9 Å². The van der Waals surface area contributed by atoms with Gasteiger partial charge in [-0.2, -0.15) is 0 Å². The molecule has 1 aliphatic rings. The molecule has 2 rings (SSSR count). The average Bonchev–Trinajstić information content (AvgIpc) is 2.38. The third-order valence-corrected chi connectivity index (χ3v) is 3.22. The van der Waals surface area contributed by atoms with Crippen LogP contribution in [0.2, 0.25) is 0 Å². The number of hydrazine groups is 1. The largest absolute Gasteiger partial charge is 0.383 e. The molecule has 17 heavy (non-hydrogen) atoms. The minimum absolute atomic E-state index is 0.00630. The maximum absolute atomic E-state index is 5.85. The molecule has 0 radical (unpaired) electrons. The van der Waals surface area contributed by atoms with Gasteiger partial charge in [0.1, 0.15) is 5.82 Å². The zero-order valence-electron chi connectivity index (χ0n) is 9.93. The third kappa shape index (κ3) is 3.15.